The van der Waals surface area contributed by atoms with Crippen LogP contribution in [0.1, 0.15) is 36.4 Å². The highest BCUT2D eigenvalue weighted by Crippen LogP contribution is 2.36. The van der Waals surface area contributed by atoms with Crippen molar-refractivity contribution in [2.45, 2.75) is 36.6 Å². The van der Waals surface area contributed by atoms with Gasteiger partial charge in [0.05, 0.1) is 10.9 Å². The molecule has 7 heteroatoms. The van der Waals surface area contributed by atoms with Gasteiger partial charge in [-0.1, -0.05) is 35.9 Å². The maximum atomic E-state index is 13.1. The molecule has 0 N–H and O–H groups in total. The van der Waals surface area contributed by atoms with Crippen LogP contribution < -0.4 is 0 Å². The highest BCUT2D eigenvalue weighted by Gasteiger charge is 2.36. The van der Waals surface area contributed by atoms with Gasteiger partial charge in [-0.25, -0.2) is 8.42 Å². The predicted molar refractivity (Wildman–Crippen MR) is 113 cm³/mol. The Morgan fingerprint density at radius 1 is 1.03 bits per heavy atom. The lowest BCUT2D eigenvalue weighted by atomic mass is 9.95. The number of fused-ring (bicyclic) bond motifs is 1. The molecule has 1 atom stereocenters. The number of piperidine rings is 1. The van der Waals surface area contributed by atoms with Gasteiger partial charge in [-0.15, -0.1) is 0 Å². The third-order valence-corrected chi connectivity index (χ3v) is 8.34. The number of nitrogens with zero attached hydrogens (tertiary/aromatic N) is 2. The predicted octanol–water partition coefficient (Wildman–Crippen LogP) is 3.89. The largest absolute Gasteiger partial charge is 0.338 e. The van der Waals surface area contributed by atoms with Crippen LogP contribution in [0, 0.1) is 5.92 Å². The maximum Gasteiger partial charge on any atom is 0.243 e. The minimum Gasteiger partial charge on any atom is -0.338 e. The molecular weight excluding hydrogens is 408 g/mol. The number of benzene rings is 2. The molecule has 0 radical (unpaired) electrons. The van der Waals surface area contributed by atoms with Gasteiger partial charge in [0.1, 0.15) is 0 Å². The van der Waals surface area contributed by atoms with E-state index in [4.69, 9.17) is 11.6 Å². The third kappa shape index (κ3) is 3.93. The van der Waals surface area contributed by atoms with Crippen LogP contribution in [-0.4, -0.2) is 43.7 Å². The van der Waals surface area contributed by atoms with E-state index in [1.807, 2.05) is 24.1 Å². The highest BCUT2D eigenvalue weighted by molar-refractivity contribution is 7.89. The van der Waals surface area contributed by atoms with Crippen molar-refractivity contribution in [2.75, 3.05) is 20.1 Å². The van der Waals surface area contributed by atoms with Gasteiger partial charge in [0.25, 0.3) is 0 Å². The third-order valence-electron chi connectivity index (χ3n) is 6.17. The lowest BCUT2D eigenvalue weighted by Gasteiger charge is -2.34. The number of carbonyl (C=O) groups excluding carboxylic acids is 1. The van der Waals surface area contributed by atoms with Crippen LogP contribution in [0.4, 0.5) is 0 Å². The minimum absolute atomic E-state index is 0.120. The van der Waals surface area contributed by atoms with Crippen molar-refractivity contribution in [2.24, 2.45) is 5.92 Å². The Labute approximate surface area is 177 Å². The SMILES string of the molecule is CN(C(=O)C1CCN(S(=O)(=O)c2ccc(Cl)cc2)CC1)C1CCc2ccccc21. The fourth-order valence-corrected chi connectivity index (χ4v) is 6.07. The molecule has 1 aliphatic carbocycles. The lowest BCUT2D eigenvalue weighted by Crippen LogP contribution is -2.44. The standard InChI is InChI=1S/C22H25ClN2O3S/c1-24(21-11-6-16-4-2-3-5-20(16)21)22(26)17-12-14-25(15-13-17)29(27,28)19-9-7-18(23)8-10-19/h2-5,7-10,17,21H,6,11-15H2,1H3. The summed E-state index contributed by atoms with van der Waals surface area (Å²) < 4.78 is 27.2. The van der Waals surface area contributed by atoms with Crippen LogP contribution in [0.25, 0.3) is 0 Å². The van der Waals surface area contributed by atoms with Crippen molar-refractivity contribution in [3.63, 3.8) is 0 Å². The summed E-state index contributed by atoms with van der Waals surface area (Å²) in [5.74, 6) is -0.0142. The molecule has 2 aliphatic rings. The second-order valence-corrected chi connectivity index (χ2v) is 10.2. The second kappa shape index (κ2) is 8.09. The summed E-state index contributed by atoms with van der Waals surface area (Å²) in [5, 5.41) is 0.504. The number of amides is 1. The summed E-state index contributed by atoms with van der Waals surface area (Å²) in [7, 11) is -1.67. The molecule has 1 unspecified atom stereocenters. The number of aryl methyl sites for hydroxylation is 1. The number of sulfonamides is 1. The van der Waals surface area contributed by atoms with Crippen LogP contribution in [0.3, 0.4) is 0 Å². The summed E-state index contributed by atoms with van der Waals surface area (Å²) in [5.41, 5.74) is 2.56. The average Bonchev–Trinajstić information content (AvgIpc) is 3.17. The fourth-order valence-electron chi connectivity index (χ4n) is 4.48. The first-order chi connectivity index (χ1) is 13.9. The van der Waals surface area contributed by atoms with Crippen molar-refractivity contribution in [3.8, 4) is 0 Å². The summed E-state index contributed by atoms with van der Waals surface area (Å²) in [6, 6.07) is 14.6. The molecule has 2 aromatic rings. The average molecular weight is 433 g/mol. The van der Waals surface area contributed by atoms with Gasteiger partial charge in [-0.2, -0.15) is 4.31 Å². The van der Waals surface area contributed by atoms with Gasteiger partial charge in [0, 0.05) is 31.1 Å². The number of hydrogen-bond donors (Lipinski definition) is 0. The first-order valence-electron chi connectivity index (χ1n) is 9.98. The van der Waals surface area contributed by atoms with E-state index in [1.54, 1.807) is 12.1 Å². The van der Waals surface area contributed by atoms with E-state index in [-0.39, 0.29) is 22.8 Å². The lowest BCUT2D eigenvalue weighted by molar-refractivity contribution is -0.137. The molecule has 0 spiro atoms. The van der Waals surface area contributed by atoms with E-state index in [0.29, 0.717) is 31.0 Å². The van der Waals surface area contributed by atoms with Gasteiger partial charge >= 0.3 is 0 Å². The zero-order valence-electron chi connectivity index (χ0n) is 16.4. The Hall–Kier alpha value is -1.89. The zero-order chi connectivity index (χ0) is 20.6. The first-order valence-corrected chi connectivity index (χ1v) is 11.8. The fraction of sp³-hybridized carbons (Fsp3) is 0.409. The van der Waals surface area contributed by atoms with Crippen LogP contribution in [0.15, 0.2) is 53.4 Å². The summed E-state index contributed by atoms with van der Waals surface area (Å²) in [6.07, 6.45) is 3.04. The molecule has 1 saturated heterocycles. The number of carbonyl (C=O) groups is 1. The van der Waals surface area contributed by atoms with E-state index in [1.165, 1.54) is 27.6 Å². The van der Waals surface area contributed by atoms with Gasteiger partial charge in [-0.3, -0.25) is 4.79 Å². The molecular formula is C22H25ClN2O3S. The van der Waals surface area contributed by atoms with E-state index >= 15 is 0 Å². The number of halogens is 1. The number of rotatable bonds is 4. The molecule has 0 saturated carbocycles. The normalized spacial score (nSPS) is 20.4. The van der Waals surface area contributed by atoms with Crippen molar-refractivity contribution in [1.29, 1.82) is 0 Å². The Morgan fingerprint density at radius 2 is 1.69 bits per heavy atom. The van der Waals surface area contributed by atoms with Crippen LogP contribution >= 0.6 is 11.6 Å². The minimum atomic E-state index is -3.55. The summed E-state index contributed by atoms with van der Waals surface area (Å²) in [4.78, 5) is 15.2. The first kappa shape index (κ1) is 20.4. The van der Waals surface area contributed by atoms with Crippen LogP contribution in [0.2, 0.25) is 5.02 Å². The van der Waals surface area contributed by atoms with E-state index < -0.39 is 10.0 Å². The Bertz CT molecular complexity index is 999. The van der Waals surface area contributed by atoms with Gasteiger partial charge in [0.15, 0.2) is 0 Å². The molecule has 29 heavy (non-hydrogen) atoms. The van der Waals surface area contributed by atoms with Crippen molar-refractivity contribution in [3.05, 3.63) is 64.7 Å². The zero-order valence-corrected chi connectivity index (χ0v) is 18.0. The smallest absolute Gasteiger partial charge is 0.243 e. The molecule has 2 aromatic carbocycles. The van der Waals surface area contributed by atoms with E-state index in [9.17, 15) is 13.2 Å². The van der Waals surface area contributed by atoms with Gasteiger partial charge in [0.2, 0.25) is 15.9 Å². The molecule has 5 nitrogen and oxygen atoms in total. The quantitative estimate of drug-likeness (QED) is 0.736. The molecule has 0 bridgehead atoms. The molecule has 4 rings (SSSR count). The monoisotopic (exact) mass is 432 g/mol. The Kier molecular flexibility index (Phi) is 5.69. The molecule has 1 amide bonds. The molecule has 1 aliphatic heterocycles. The second-order valence-electron chi connectivity index (χ2n) is 7.83. The van der Waals surface area contributed by atoms with Crippen molar-refractivity contribution < 1.29 is 13.2 Å². The van der Waals surface area contributed by atoms with E-state index in [0.717, 1.165) is 12.8 Å². The molecule has 0 aromatic heterocycles. The molecule has 1 fully saturated rings. The topological polar surface area (TPSA) is 57.7 Å². The van der Waals surface area contributed by atoms with E-state index in [2.05, 4.69) is 12.1 Å². The summed E-state index contributed by atoms with van der Waals surface area (Å²) in [6.45, 7) is 0.715. The molecule has 1 heterocycles. The van der Waals surface area contributed by atoms with Gasteiger partial charge < -0.3 is 4.90 Å². The van der Waals surface area contributed by atoms with Crippen molar-refractivity contribution >= 4 is 27.5 Å². The number of hydrogen-bond acceptors (Lipinski definition) is 3. The van der Waals surface area contributed by atoms with Crippen LogP contribution in [-0.2, 0) is 21.2 Å². The van der Waals surface area contributed by atoms with Gasteiger partial charge in [-0.05, 0) is 61.1 Å². The highest BCUT2D eigenvalue weighted by atomic mass is 35.5. The Balaban J connectivity index is 1.40. The van der Waals surface area contributed by atoms with Crippen LogP contribution in [0.5, 0.6) is 0 Å². The van der Waals surface area contributed by atoms with Crippen molar-refractivity contribution in [1.82, 2.24) is 9.21 Å². The summed E-state index contributed by atoms with van der Waals surface area (Å²) >= 11 is 5.87. The molecule has 154 valence electrons. The maximum absolute atomic E-state index is 13.1. The Morgan fingerprint density at radius 3 is 2.38 bits per heavy atom.